The molecule has 0 saturated carbocycles. The average molecular weight is 314 g/mol. The van der Waals surface area contributed by atoms with Gasteiger partial charge in [0.1, 0.15) is 9.84 Å². The third-order valence-electron chi connectivity index (χ3n) is 2.90. The highest BCUT2D eigenvalue weighted by atomic mass is 32.2. The summed E-state index contributed by atoms with van der Waals surface area (Å²) < 4.78 is 28.2. The summed E-state index contributed by atoms with van der Waals surface area (Å²) in [5.41, 5.74) is 6.74. The van der Waals surface area contributed by atoms with E-state index in [9.17, 15) is 13.2 Å². The minimum atomic E-state index is -3.12. The van der Waals surface area contributed by atoms with Crippen molar-refractivity contribution in [1.82, 2.24) is 0 Å². The minimum Gasteiger partial charge on any atom is -0.397 e. The first kappa shape index (κ1) is 17.5. The summed E-state index contributed by atoms with van der Waals surface area (Å²) in [4.78, 5) is 11.7. The normalized spacial score (nSPS) is 11.3. The summed E-state index contributed by atoms with van der Waals surface area (Å²) in [5, 5.41) is 2.67. The molecule has 0 aromatic heterocycles. The smallest absolute Gasteiger partial charge is 0.224 e. The lowest BCUT2D eigenvalue weighted by molar-refractivity contribution is -0.116. The first-order valence-corrected chi connectivity index (χ1v) is 8.60. The van der Waals surface area contributed by atoms with E-state index in [0.717, 1.165) is 0 Å². The van der Waals surface area contributed by atoms with E-state index in [4.69, 9.17) is 10.5 Å². The molecule has 1 aromatic rings. The SMILES string of the molecule is COCCCS(=O)(=O)CCCC(=O)Nc1ccccc1N. The molecule has 0 saturated heterocycles. The molecule has 0 radical (unpaired) electrons. The number of nitrogen functional groups attached to an aromatic ring is 1. The molecule has 0 heterocycles. The molecule has 0 fully saturated rings. The summed E-state index contributed by atoms with van der Waals surface area (Å²) in [6.07, 6.45) is 0.928. The van der Waals surface area contributed by atoms with Gasteiger partial charge in [0.05, 0.1) is 22.9 Å². The standard InChI is InChI=1S/C14H22N2O4S/c1-20-9-5-11-21(18,19)10-4-8-14(17)16-13-7-3-2-6-12(13)15/h2-3,6-7H,4-5,8-11,15H2,1H3,(H,16,17). The van der Waals surface area contributed by atoms with Gasteiger partial charge >= 0.3 is 0 Å². The van der Waals surface area contributed by atoms with Gasteiger partial charge in [0.25, 0.3) is 0 Å². The number of methoxy groups -OCH3 is 1. The van der Waals surface area contributed by atoms with Gasteiger partial charge in [-0.05, 0) is 25.0 Å². The molecule has 0 aliphatic heterocycles. The molecule has 21 heavy (non-hydrogen) atoms. The molecular weight excluding hydrogens is 292 g/mol. The lowest BCUT2D eigenvalue weighted by atomic mass is 10.2. The van der Waals surface area contributed by atoms with E-state index < -0.39 is 9.84 Å². The molecule has 0 bridgehead atoms. The van der Waals surface area contributed by atoms with Crippen molar-refractivity contribution in [2.45, 2.75) is 19.3 Å². The molecule has 0 spiro atoms. The number of hydrogen-bond acceptors (Lipinski definition) is 5. The predicted molar refractivity (Wildman–Crippen MR) is 83.9 cm³/mol. The molecule has 0 atom stereocenters. The number of para-hydroxylation sites is 2. The molecule has 0 unspecified atom stereocenters. The molecular formula is C14H22N2O4S. The third kappa shape index (κ3) is 7.10. The molecule has 0 aliphatic carbocycles. The second-order valence-corrected chi connectivity index (χ2v) is 7.04. The second-order valence-electron chi connectivity index (χ2n) is 4.74. The van der Waals surface area contributed by atoms with Gasteiger partial charge in [-0.1, -0.05) is 12.1 Å². The van der Waals surface area contributed by atoms with Crippen LogP contribution in [0.15, 0.2) is 24.3 Å². The van der Waals surface area contributed by atoms with Crippen LogP contribution in [0.4, 0.5) is 11.4 Å². The summed E-state index contributed by atoms with van der Waals surface area (Å²) in [6.45, 7) is 0.424. The number of carbonyl (C=O) groups excluding carboxylic acids is 1. The van der Waals surface area contributed by atoms with E-state index in [2.05, 4.69) is 5.32 Å². The van der Waals surface area contributed by atoms with E-state index in [-0.39, 0.29) is 23.8 Å². The van der Waals surface area contributed by atoms with Crippen molar-refractivity contribution in [2.24, 2.45) is 0 Å². The zero-order valence-corrected chi connectivity index (χ0v) is 13.0. The fourth-order valence-corrected chi connectivity index (χ4v) is 3.15. The Labute approximate surface area is 125 Å². The summed E-state index contributed by atoms with van der Waals surface area (Å²) >= 11 is 0. The Bertz CT molecular complexity index is 558. The number of benzene rings is 1. The van der Waals surface area contributed by atoms with Crippen molar-refractivity contribution in [3.05, 3.63) is 24.3 Å². The first-order valence-electron chi connectivity index (χ1n) is 6.78. The van der Waals surface area contributed by atoms with Gasteiger partial charge in [-0.3, -0.25) is 4.79 Å². The fourth-order valence-electron chi connectivity index (χ4n) is 1.80. The number of nitrogens with two attached hydrogens (primary N) is 1. The number of nitrogens with one attached hydrogen (secondary N) is 1. The number of hydrogen-bond donors (Lipinski definition) is 2. The highest BCUT2D eigenvalue weighted by molar-refractivity contribution is 7.91. The van der Waals surface area contributed by atoms with Crippen LogP contribution in [0.2, 0.25) is 0 Å². The van der Waals surface area contributed by atoms with Crippen molar-refractivity contribution in [3.8, 4) is 0 Å². The maximum atomic E-state index is 11.7. The summed E-state index contributed by atoms with van der Waals surface area (Å²) in [7, 11) is -1.58. The van der Waals surface area contributed by atoms with Gasteiger partial charge in [0, 0.05) is 20.1 Å². The van der Waals surface area contributed by atoms with Crippen LogP contribution in [0.5, 0.6) is 0 Å². The van der Waals surface area contributed by atoms with Crippen LogP contribution in [0.1, 0.15) is 19.3 Å². The average Bonchev–Trinajstić information content (AvgIpc) is 2.41. The Balaban J connectivity index is 2.32. The Morgan fingerprint density at radius 3 is 2.57 bits per heavy atom. The highest BCUT2D eigenvalue weighted by Crippen LogP contribution is 2.17. The Kier molecular flexibility index (Phi) is 7.18. The molecule has 0 aliphatic rings. The maximum absolute atomic E-state index is 11.7. The van der Waals surface area contributed by atoms with E-state index in [1.54, 1.807) is 24.3 Å². The minimum absolute atomic E-state index is 0.00834. The van der Waals surface area contributed by atoms with Crippen molar-refractivity contribution in [2.75, 3.05) is 36.3 Å². The summed E-state index contributed by atoms with van der Waals surface area (Å²) in [5.74, 6) is -0.136. The van der Waals surface area contributed by atoms with Gasteiger partial charge in [0.15, 0.2) is 0 Å². The van der Waals surface area contributed by atoms with Crippen LogP contribution in [-0.4, -0.2) is 39.5 Å². The lowest BCUT2D eigenvalue weighted by Crippen LogP contribution is -2.17. The van der Waals surface area contributed by atoms with Gasteiger partial charge < -0.3 is 15.8 Å². The summed E-state index contributed by atoms with van der Waals surface area (Å²) in [6, 6.07) is 6.94. The van der Waals surface area contributed by atoms with E-state index >= 15 is 0 Å². The van der Waals surface area contributed by atoms with Crippen molar-refractivity contribution >= 4 is 27.1 Å². The number of sulfone groups is 1. The largest absolute Gasteiger partial charge is 0.397 e. The zero-order valence-electron chi connectivity index (χ0n) is 12.2. The topological polar surface area (TPSA) is 98.5 Å². The molecule has 118 valence electrons. The van der Waals surface area contributed by atoms with Crippen LogP contribution in [0, 0.1) is 0 Å². The number of carbonyl (C=O) groups is 1. The predicted octanol–water partition coefficient (Wildman–Crippen LogP) is 1.44. The Morgan fingerprint density at radius 2 is 1.90 bits per heavy atom. The Morgan fingerprint density at radius 1 is 1.24 bits per heavy atom. The molecule has 1 rings (SSSR count). The monoisotopic (exact) mass is 314 g/mol. The second kappa shape index (κ2) is 8.63. The first-order chi connectivity index (χ1) is 9.94. The molecule has 7 heteroatoms. The molecule has 1 aromatic carbocycles. The number of amides is 1. The quantitative estimate of drug-likeness (QED) is 0.531. The van der Waals surface area contributed by atoms with Gasteiger partial charge in [-0.15, -0.1) is 0 Å². The lowest BCUT2D eigenvalue weighted by Gasteiger charge is -2.08. The highest BCUT2D eigenvalue weighted by Gasteiger charge is 2.12. The maximum Gasteiger partial charge on any atom is 0.224 e. The van der Waals surface area contributed by atoms with Crippen LogP contribution >= 0.6 is 0 Å². The number of anilines is 2. The van der Waals surface area contributed by atoms with Crippen LogP contribution < -0.4 is 11.1 Å². The van der Waals surface area contributed by atoms with Gasteiger partial charge in [0.2, 0.25) is 5.91 Å². The van der Waals surface area contributed by atoms with Crippen LogP contribution in [0.25, 0.3) is 0 Å². The Hall–Kier alpha value is -1.60. The molecule has 1 amide bonds. The van der Waals surface area contributed by atoms with E-state index in [0.29, 0.717) is 30.8 Å². The van der Waals surface area contributed by atoms with E-state index in [1.165, 1.54) is 7.11 Å². The van der Waals surface area contributed by atoms with Gasteiger partial charge in [-0.2, -0.15) is 0 Å². The number of rotatable bonds is 9. The molecule has 3 N–H and O–H groups in total. The van der Waals surface area contributed by atoms with Crippen LogP contribution in [0.3, 0.4) is 0 Å². The van der Waals surface area contributed by atoms with Crippen molar-refractivity contribution in [1.29, 1.82) is 0 Å². The number of ether oxygens (including phenoxy) is 1. The molecule has 6 nitrogen and oxygen atoms in total. The van der Waals surface area contributed by atoms with E-state index in [1.807, 2.05) is 0 Å². The van der Waals surface area contributed by atoms with Crippen molar-refractivity contribution in [3.63, 3.8) is 0 Å². The van der Waals surface area contributed by atoms with Crippen LogP contribution in [-0.2, 0) is 19.4 Å². The third-order valence-corrected chi connectivity index (χ3v) is 4.72. The van der Waals surface area contributed by atoms with Gasteiger partial charge in [-0.25, -0.2) is 8.42 Å². The zero-order chi connectivity index (χ0) is 15.7. The fraction of sp³-hybridized carbons (Fsp3) is 0.500. The van der Waals surface area contributed by atoms with Crippen molar-refractivity contribution < 1.29 is 17.9 Å².